The maximum Gasteiger partial charge on any atom is 0.191 e. The van der Waals surface area contributed by atoms with Crippen LogP contribution in [0.5, 0.6) is 0 Å². The Balaban J connectivity index is 4.20. The van der Waals surface area contributed by atoms with E-state index < -0.39 is 16.6 Å². The van der Waals surface area contributed by atoms with Crippen LogP contribution in [-0.4, -0.2) is 41.9 Å². The molecule has 6 heteroatoms. The summed E-state index contributed by atoms with van der Waals surface area (Å²) in [5.41, 5.74) is 12.5. The first-order valence-electron chi connectivity index (χ1n) is 9.30. The van der Waals surface area contributed by atoms with Crippen LogP contribution in [0.25, 0.3) is 0 Å². The van der Waals surface area contributed by atoms with E-state index in [1.54, 1.807) is 0 Å². The second kappa shape index (κ2) is 8.78. The van der Waals surface area contributed by atoms with Crippen molar-refractivity contribution >= 4 is 16.6 Å². The molecule has 0 radical (unpaired) electrons. The predicted octanol–water partition coefficient (Wildman–Crippen LogP) is 4.46. The average molecular weight is 377 g/mol. The Morgan fingerprint density at radius 3 is 1.12 bits per heavy atom. The summed E-state index contributed by atoms with van der Waals surface area (Å²) in [4.78, 5) is 0. The van der Waals surface area contributed by atoms with Crippen LogP contribution in [0, 0.1) is 0 Å². The predicted molar refractivity (Wildman–Crippen MR) is 111 cm³/mol. The van der Waals surface area contributed by atoms with Crippen LogP contribution in [-0.2, 0) is 8.85 Å². The molecular weight excluding hydrogens is 332 g/mol. The van der Waals surface area contributed by atoms with Crippen molar-refractivity contribution in [3.8, 4) is 0 Å². The molecule has 2 unspecified atom stereocenters. The van der Waals surface area contributed by atoms with Gasteiger partial charge in [-0.1, -0.05) is 41.5 Å². The standard InChI is InChI=1S/C18H44N2O2Si2/c1-17(2,3)23(7,8)21-13-11-15(19)16(20)12-14-22-24(9,10)18(4,5)6/h15-16H,11-14,19-20H2,1-10H3. The summed E-state index contributed by atoms with van der Waals surface area (Å²) in [5.74, 6) is 0. The monoisotopic (exact) mass is 376 g/mol. The van der Waals surface area contributed by atoms with Crippen molar-refractivity contribution in [2.24, 2.45) is 11.5 Å². The van der Waals surface area contributed by atoms with E-state index in [9.17, 15) is 0 Å². The van der Waals surface area contributed by atoms with E-state index in [-0.39, 0.29) is 22.2 Å². The van der Waals surface area contributed by atoms with E-state index in [0.29, 0.717) is 13.2 Å². The summed E-state index contributed by atoms with van der Waals surface area (Å²) >= 11 is 0. The first-order valence-corrected chi connectivity index (χ1v) is 15.1. The van der Waals surface area contributed by atoms with Gasteiger partial charge in [0.25, 0.3) is 0 Å². The zero-order valence-corrected chi connectivity index (χ0v) is 20.0. The third-order valence-corrected chi connectivity index (χ3v) is 15.1. The van der Waals surface area contributed by atoms with Crippen molar-refractivity contribution in [3.05, 3.63) is 0 Å². The molecule has 0 amide bonds. The summed E-state index contributed by atoms with van der Waals surface area (Å²) in [6.07, 6.45) is 1.63. The number of hydrogen-bond donors (Lipinski definition) is 2. The minimum atomic E-state index is -1.69. The van der Waals surface area contributed by atoms with E-state index in [2.05, 4.69) is 67.7 Å². The Bertz CT molecular complexity index is 338. The highest BCUT2D eigenvalue weighted by Crippen LogP contribution is 2.37. The summed E-state index contributed by atoms with van der Waals surface area (Å²) in [7, 11) is -3.39. The molecule has 0 aliphatic rings. The molecule has 0 aliphatic heterocycles. The second-order valence-corrected chi connectivity index (χ2v) is 19.7. The Morgan fingerprint density at radius 2 is 0.917 bits per heavy atom. The van der Waals surface area contributed by atoms with Gasteiger partial charge in [0.2, 0.25) is 0 Å². The topological polar surface area (TPSA) is 70.5 Å². The lowest BCUT2D eigenvalue weighted by molar-refractivity contribution is 0.241. The molecule has 0 spiro atoms. The first kappa shape index (κ1) is 24.3. The molecule has 0 fully saturated rings. The Hall–Kier alpha value is 0.274. The van der Waals surface area contributed by atoms with E-state index >= 15 is 0 Å². The summed E-state index contributed by atoms with van der Waals surface area (Å²) < 4.78 is 12.4. The van der Waals surface area contributed by atoms with Gasteiger partial charge in [-0.3, -0.25) is 0 Å². The van der Waals surface area contributed by atoms with E-state index in [1.807, 2.05) is 0 Å². The molecule has 0 aromatic heterocycles. The number of rotatable bonds is 9. The van der Waals surface area contributed by atoms with Crippen molar-refractivity contribution in [2.75, 3.05) is 13.2 Å². The third kappa shape index (κ3) is 7.66. The van der Waals surface area contributed by atoms with Gasteiger partial charge in [-0.25, -0.2) is 0 Å². The average Bonchev–Trinajstić information content (AvgIpc) is 2.35. The van der Waals surface area contributed by atoms with E-state index in [0.717, 1.165) is 12.8 Å². The molecule has 2 atom stereocenters. The van der Waals surface area contributed by atoms with Crippen molar-refractivity contribution in [1.29, 1.82) is 0 Å². The van der Waals surface area contributed by atoms with E-state index in [1.165, 1.54) is 0 Å². The SMILES string of the molecule is CC(C)(C)[Si](C)(C)OCCC(N)C(N)CCO[Si](C)(C)C(C)(C)C. The van der Waals surface area contributed by atoms with Crippen LogP contribution in [0.15, 0.2) is 0 Å². The van der Waals surface area contributed by atoms with Gasteiger partial charge in [0.05, 0.1) is 0 Å². The minimum absolute atomic E-state index is 0.0298. The molecule has 0 aromatic carbocycles. The molecule has 4 N–H and O–H groups in total. The molecular formula is C18H44N2O2Si2. The highest BCUT2D eigenvalue weighted by atomic mass is 28.4. The Kier molecular flexibility index (Phi) is 8.88. The number of hydrogen-bond acceptors (Lipinski definition) is 4. The lowest BCUT2D eigenvalue weighted by Crippen LogP contribution is -2.46. The number of nitrogens with two attached hydrogens (primary N) is 2. The second-order valence-electron chi connectivity index (χ2n) is 10.1. The third-order valence-electron chi connectivity index (χ3n) is 5.99. The molecule has 0 heterocycles. The Labute approximate surface area is 153 Å². The first-order chi connectivity index (χ1) is 10.5. The molecule has 146 valence electrons. The van der Waals surface area contributed by atoms with Crippen LogP contribution < -0.4 is 11.5 Å². The fourth-order valence-corrected chi connectivity index (χ4v) is 3.88. The summed E-state index contributed by atoms with van der Waals surface area (Å²) in [6.45, 7) is 24.0. The minimum Gasteiger partial charge on any atom is -0.417 e. The van der Waals surface area contributed by atoms with Gasteiger partial charge in [-0.05, 0) is 49.1 Å². The molecule has 4 nitrogen and oxygen atoms in total. The van der Waals surface area contributed by atoms with Crippen molar-refractivity contribution in [2.45, 2.75) is 103 Å². The highest BCUT2D eigenvalue weighted by molar-refractivity contribution is 6.74. The van der Waals surface area contributed by atoms with Crippen LogP contribution in [0.4, 0.5) is 0 Å². The van der Waals surface area contributed by atoms with Gasteiger partial charge >= 0.3 is 0 Å². The fourth-order valence-electron chi connectivity index (χ4n) is 1.76. The van der Waals surface area contributed by atoms with Crippen LogP contribution >= 0.6 is 0 Å². The lowest BCUT2D eigenvalue weighted by atomic mass is 10.0. The molecule has 0 saturated heterocycles. The van der Waals surface area contributed by atoms with Gasteiger partial charge in [0, 0.05) is 25.3 Å². The van der Waals surface area contributed by atoms with Gasteiger partial charge in [-0.15, -0.1) is 0 Å². The molecule has 24 heavy (non-hydrogen) atoms. The van der Waals surface area contributed by atoms with Gasteiger partial charge in [0.15, 0.2) is 16.6 Å². The fraction of sp³-hybridized carbons (Fsp3) is 1.00. The zero-order chi connectivity index (χ0) is 19.4. The lowest BCUT2D eigenvalue weighted by Gasteiger charge is -2.37. The maximum absolute atomic E-state index is 6.26. The zero-order valence-electron chi connectivity index (χ0n) is 18.0. The quantitative estimate of drug-likeness (QED) is 0.583. The van der Waals surface area contributed by atoms with E-state index in [4.69, 9.17) is 20.3 Å². The molecule has 0 aromatic rings. The van der Waals surface area contributed by atoms with Crippen LogP contribution in [0.2, 0.25) is 36.3 Å². The molecule has 0 bridgehead atoms. The molecule has 0 rings (SSSR count). The summed E-state index contributed by atoms with van der Waals surface area (Å²) in [5, 5.41) is 0.465. The smallest absolute Gasteiger partial charge is 0.191 e. The van der Waals surface area contributed by atoms with Crippen molar-refractivity contribution < 1.29 is 8.85 Å². The largest absolute Gasteiger partial charge is 0.417 e. The van der Waals surface area contributed by atoms with Gasteiger partial charge < -0.3 is 20.3 Å². The van der Waals surface area contributed by atoms with Crippen molar-refractivity contribution in [1.82, 2.24) is 0 Å². The van der Waals surface area contributed by atoms with Gasteiger partial charge in [-0.2, -0.15) is 0 Å². The summed E-state index contributed by atoms with van der Waals surface area (Å²) in [6, 6.07) is -0.0597. The molecule has 0 aliphatic carbocycles. The van der Waals surface area contributed by atoms with Crippen LogP contribution in [0.1, 0.15) is 54.4 Å². The maximum atomic E-state index is 6.26. The normalized spacial score (nSPS) is 17.0. The van der Waals surface area contributed by atoms with Gasteiger partial charge in [0.1, 0.15) is 0 Å². The molecule has 0 saturated carbocycles. The van der Waals surface area contributed by atoms with Crippen molar-refractivity contribution in [3.63, 3.8) is 0 Å². The Morgan fingerprint density at radius 1 is 0.667 bits per heavy atom. The highest BCUT2D eigenvalue weighted by Gasteiger charge is 2.38. The van der Waals surface area contributed by atoms with Crippen LogP contribution in [0.3, 0.4) is 0 Å².